The van der Waals surface area contributed by atoms with Crippen LogP contribution in [0.4, 0.5) is 5.69 Å². The van der Waals surface area contributed by atoms with Crippen molar-refractivity contribution in [1.82, 2.24) is 10.2 Å². The number of sulfonamides is 1. The number of carbonyl (C=O) groups is 2. The summed E-state index contributed by atoms with van der Waals surface area (Å²) < 4.78 is 31.6. The minimum atomic E-state index is -3.77. The van der Waals surface area contributed by atoms with Gasteiger partial charge in [-0.15, -0.1) is 0 Å². The average molecular weight is 476 g/mol. The molecular formula is C24H33N3O5S. The molecule has 0 bridgehead atoms. The lowest BCUT2D eigenvalue weighted by Crippen LogP contribution is -2.52. The predicted octanol–water partition coefficient (Wildman–Crippen LogP) is 2.79. The van der Waals surface area contributed by atoms with Crippen molar-refractivity contribution >= 4 is 27.5 Å². The summed E-state index contributed by atoms with van der Waals surface area (Å²) in [6.07, 6.45) is 1.05. The number of ether oxygens (including phenoxy) is 1. The molecule has 0 heterocycles. The maximum atomic E-state index is 13.4. The van der Waals surface area contributed by atoms with Gasteiger partial charge in [-0.05, 0) is 57.5 Å². The van der Waals surface area contributed by atoms with Crippen molar-refractivity contribution in [2.45, 2.75) is 46.3 Å². The highest BCUT2D eigenvalue weighted by Crippen LogP contribution is 2.22. The average Bonchev–Trinajstić information content (AvgIpc) is 2.75. The Morgan fingerprint density at radius 2 is 1.61 bits per heavy atom. The van der Waals surface area contributed by atoms with Crippen molar-refractivity contribution in [3.63, 3.8) is 0 Å². The quantitative estimate of drug-likeness (QED) is 0.539. The Hall–Kier alpha value is -3.07. The number of hydrogen-bond donors (Lipinski definition) is 1. The fraction of sp³-hybridized carbons (Fsp3) is 0.417. The van der Waals surface area contributed by atoms with Gasteiger partial charge in [0, 0.05) is 12.6 Å². The molecule has 0 radical (unpaired) electrons. The molecule has 1 atom stereocenters. The Morgan fingerprint density at radius 1 is 1.00 bits per heavy atom. The van der Waals surface area contributed by atoms with Gasteiger partial charge in [0.2, 0.25) is 21.8 Å². The second-order valence-electron chi connectivity index (χ2n) is 8.04. The molecule has 0 aliphatic carbocycles. The molecule has 2 aromatic carbocycles. The van der Waals surface area contributed by atoms with Crippen molar-refractivity contribution in [1.29, 1.82) is 0 Å². The van der Waals surface area contributed by atoms with Crippen molar-refractivity contribution in [3.05, 3.63) is 60.2 Å². The first-order valence-corrected chi connectivity index (χ1v) is 12.7. The molecule has 0 aliphatic heterocycles. The lowest BCUT2D eigenvalue weighted by atomic mass is 10.1. The summed E-state index contributed by atoms with van der Waals surface area (Å²) in [7, 11) is -3.77. The normalized spacial score (nSPS) is 12.2. The first-order valence-electron chi connectivity index (χ1n) is 10.9. The summed E-state index contributed by atoms with van der Waals surface area (Å²) in [5.74, 6) is -0.184. The number of rotatable bonds is 11. The summed E-state index contributed by atoms with van der Waals surface area (Å²) in [5, 5.41) is 2.82. The molecule has 2 rings (SSSR count). The zero-order valence-corrected chi connectivity index (χ0v) is 20.6. The van der Waals surface area contributed by atoms with Crippen LogP contribution in [-0.4, -0.2) is 56.6 Å². The zero-order chi connectivity index (χ0) is 24.6. The maximum Gasteiger partial charge on any atom is 0.244 e. The van der Waals surface area contributed by atoms with Gasteiger partial charge >= 0.3 is 0 Å². The SMILES string of the molecule is CCOc1ccc(N(CC(=O)N(Cc2ccccc2)[C@@H](C)C(=O)NC(C)C)S(C)(=O)=O)cc1. The summed E-state index contributed by atoms with van der Waals surface area (Å²) in [4.78, 5) is 27.5. The molecule has 2 amide bonds. The van der Waals surface area contributed by atoms with Crippen molar-refractivity contribution in [2.75, 3.05) is 23.7 Å². The van der Waals surface area contributed by atoms with E-state index in [1.807, 2.05) is 51.1 Å². The first kappa shape index (κ1) is 26.2. The van der Waals surface area contributed by atoms with Gasteiger partial charge in [-0.1, -0.05) is 30.3 Å². The van der Waals surface area contributed by atoms with Crippen LogP contribution < -0.4 is 14.4 Å². The Morgan fingerprint density at radius 3 is 2.12 bits per heavy atom. The molecule has 8 nitrogen and oxygen atoms in total. The van der Waals surface area contributed by atoms with Crippen LogP contribution in [0.2, 0.25) is 0 Å². The molecule has 0 fully saturated rings. The molecule has 33 heavy (non-hydrogen) atoms. The van der Waals surface area contributed by atoms with Crippen LogP contribution in [0.5, 0.6) is 5.75 Å². The predicted molar refractivity (Wildman–Crippen MR) is 130 cm³/mol. The Bertz CT molecular complexity index is 1020. The molecule has 180 valence electrons. The molecule has 9 heteroatoms. The largest absolute Gasteiger partial charge is 0.494 e. The van der Waals surface area contributed by atoms with Crippen LogP contribution in [0.1, 0.15) is 33.3 Å². The Labute approximate surface area is 196 Å². The van der Waals surface area contributed by atoms with Gasteiger partial charge in [-0.3, -0.25) is 13.9 Å². The standard InChI is InChI=1S/C24H33N3O5S/c1-6-32-22-14-12-21(13-15-22)27(33(5,30)31)17-23(28)26(16-20-10-8-7-9-11-20)19(4)24(29)25-18(2)3/h7-15,18-19H,6,16-17H2,1-5H3,(H,25,29)/t19-/m0/s1. The molecular weight excluding hydrogens is 442 g/mol. The van der Waals surface area contributed by atoms with Gasteiger partial charge < -0.3 is 15.0 Å². The summed E-state index contributed by atoms with van der Waals surface area (Å²) >= 11 is 0. The third-order valence-electron chi connectivity index (χ3n) is 4.91. The number of nitrogens with zero attached hydrogens (tertiary/aromatic N) is 2. The van der Waals surface area contributed by atoms with Gasteiger partial charge in [-0.25, -0.2) is 8.42 Å². The number of amides is 2. The molecule has 0 aromatic heterocycles. The smallest absolute Gasteiger partial charge is 0.244 e. The molecule has 1 N–H and O–H groups in total. The minimum absolute atomic E-state index is 0.0926. The highest BCUT2D eigenvalue weighted by atomic mass is 32.2. The van der Waals surface area contributed by atoms with Gasteiger partial charge in [0.15, 0.2) is 0 Å². The number of anilines is 1. The third-order valence-corrected chi connectivity index (χ3v) is 6.05. The van der Waals surface area contributed by atoms with E-state index in [9.17, 15) is 18.0 Å². The molecule has 0 spiro atoms. The number of nitrogens with one attached hydrogen (secondary N) is 1. The van der Waals surface area contributed by atoms with Crippen LogP contribution in [0.25, 0.3) is 0 Å². The van der Waals surface area contributed by atoms with E-state index < -0.39 is 28.5 Å². The summed E-state index contributed by atoms with van der Waals surface area (Å²) in [5.41, 5.74) is 1.18. The highest BCUT2D eigenvalue weighted by molar-refractivity contribution is 7.92. The number of carbonyl (C=O) groups excluding carboxylic acids is 2. The van der Waals surface area contributed by atoms with Crippen LogP contribution >= 0.6 is 0 Å². The topological polar surface area (TPSA) is 96.0 Å². The fourth-order valence-corrected chi connectivity index (χ4v) is 4.11. The third kappa shape index (κ3) is 7.78. The second-order valence-corrected chi connectivity index (χ2v) is 9.95. The van der Waals surface area contributed by atoms with Crippen molar-refractivity contribution in [2.24, 2.45) is 0 Å². The van der Waals surface area contributed by atoms with E-state index in [2.05, 4.69) is 5.32 Å². The van der Waals surface area contributed by atoms with Crippen molar-refractivity contribution in [3.8, 4) is 5.75 Å². The van der Waals surface area contributed by atoms with E-state index in [-0.39, 0.29) is 18.5 Å². The lowest BCUT2D eigenvalue weighted by molar-refractivity contribution is -0.139. The van der Waals surface area contributed by atoms with E-state index in [1.54, 1.807) is 31.2 Å². The molecule has 2 aromatic rings. The maximum absolute atomic E-state index is 13.4. The van der Waals surface area contributed by atoms with Crippen molar-refractivity contribution < 1.29 is 22.7 Å². The van der Waals surface area contributed by atoms with Crippen LogP contribution in [-0.2, 0) is 26.2 Å². The molecule has 0 saturated heterocycles. The van der Waals surface area contributed by atoms with E-state index >= 15 is 0 Å². The van der Waals surface area contributed by atoms with Crippen LogP contribution in [0, 0.1) is 0 Å². The zero-order valence-electron chi connectivity index (χ0n) is 19.8. The first-order chi connectivity index (χ1) is 15.5. The fourth-order valence-electron chi connectivity index (χ4n) is 3.26. The van der Waals surface area contributed by atoms with Gasteiger partial charge in [0.05, 0.1) is 18.6 Å². The summed E-state index contributed by atoms with van der Waals surface area (Å²) in [6.45, 7) is 7.40. The number of benzene rings is 2. The summed E-state index contributed by atoms with van der Waals surface area (Å²) in [6, 6.07) is 14.9. The van der Waals surface area contributed by atoms with E-state index in [0.29, 0.717) is 18.0 Å². The Balaban J connectivity index is 2.34. The number of hydrogen-bond acceptors (Lipinski definition) is 5. The van der Waals surface area contributed by atoms with Gasteiger partial charge in [-0.2, -0.15) is 0 Å². The Kier molecular flexibility index (Phi) is 9.28. The molecule has 0 aliphatic rings. The van der Waals surface area contributed by atoms with Crippen LogP contribution in [0.3, 0.4) is 0 Å². The molecule has 0 saturated carbocycles. The van der Waals surface area contributed by atoms with Crippen LogP contribution in [0.15, 0.2) is 54.6 Å². The van der Waals surface area contributed by atoms with E-state index in [1.165, 1.54) is 4.90 Å². The molecule has 0 unspecified atom stereocenters. The van der Waals surface area contributed by atoms with E-state index in [0.717, 1.165) is 16.1 Å². The van der Waals surface area contributed by atoms with Gasteiger partial charge in [0.1, 0.15) is 18.3 Å². The monoisotopic (exact) mass is 475 g/mol. The van der Waals surface area contributed by atoms with Gasteiger partial charge in [0.25, 0.3) is 0 Å². The van der Waals surface area contributed by atoms with E-state index in [4.69, 9.17) is 4.74 Å². The second kappa shape index (κ2) is 11.7. The highest BCUT2D eigenvalue weighted by Gasteiger charge is 2.30. The lowest BCUT2D eigenvalue weighted by Gasteiger charge is -2.32. The minimum Gasteiger partial charge on any atom is -0.494 e.